The molecule has 0 unspecified atom stereocenters. The third-order valence-corrected chi connectivity index (χ3v) is 2.35. The van der Waals surface area contributed by atoms with Crippen LogP contribution in [0.25, 0.3) is 0 Å². The van der Waals surface area contributed by atoms with Gasteiger partial charge in [-0.05, 0) is 33.6 Å². The van der Waals surface area contributed by atoms with Crippen molar-refractivity contribution in [3.8, 4) is 0 Å². The number of amides is 1. The standard InChI is InChI=1S/C13H22N2O2/c1-5-6-7-8-11-14-9-10-15(11)12(16)17-13(2,3)4/h5H,1,6-10H2,2-4H3. The van der Waals surface area contributed by atoms with Crippen LogP contribution in [0.1, 0.15) is 40.0 Å². The monoisotopic (exact) mass is 238 g/mol. The van der Waals surface area contributed by atoms with Crippen molar-refractivity contribution in [2.24, 2.45) is 4.99 Å². The van der Waals surface area contributed by atoms with Crippen molar-refractivity contribution < 1.29 is 9.53 Å². The summed E-state index contributed by atoms with van der Waals surface area (Å²) in [6.07, 6.45) is 4.33. The Morgan fingerprint density at radius 2 is 2.29 bits per heavy atom. The van der Waals surface area contributed by atoms with Crippen molar-refractivity contribution in [3.63, 3.8) is 0 Å². The zero-order valence-corrected chi connectivity index (χ0v) is 11.0. The lowest BCUT2D eigenvalue weighted by molar-refractivity contribution is 0.0381. The largest absolute Gasteiger partial charge is 0.443 e. The Kier molecular flexibility index (Phi) is 4.73. The van der Waals surface area contributed by atoms with Gasteiger partial charge in [0.15, 0.2) is 0 Å². The van der Waals surface area contributed by atoms with Gasteiger partial charge in [0.2, 0.25) is 0 Å². The second kappa shape index (κ2) is 5.84. The summed E-state index contributed by atoms with van der Waals surface area (Å²) < 4.78 is 5.34. The van der Waals surface area contributed by atoms with E-state index in [4.69, 9.17) is 4.74 Å². The van der Waals surface area contributed by atoms with E-state index in [1.165, 1.54) is 0 Å². The summed E-state index contributed by atoms with van der Waals surface area (Å²) in [6.45, 7) is 10.6. The maximum Gasteiger partial charge on any atom is 0.415 e. The van der Waals surface area contributed by atoms with E-state index in [0.29, 0.717) is 13.1 Å². The molecule has 0 aromatic heterocycles. The molecule has 0 N–H and O–H groups in total. The summed E-state index contributed by atoms with van der Waals surface area (Å²) in [6, 6.07) is 0. The van der Waals surface area contributed by atoms with Gasteiger partial charge in [0.1, 0.15) is 11.4 Å². The number of hydrogen-bond donors (Lipinski definition) is 0. The topological polar surface area (TPSA) is 41.9 Å². The fraction of sp³-hybridized carbons (Fsp3) is 0.692. The first-order valence-corrected chi connectivity index (χ1v) is 6.09. The summed E-state index contributed by atoms with van der Waals surface area (Å²) in [7, 11) is 0. The molecule has 4 heteroatoms. The maximum absolute atomic E-state index is 11.9. The zero-order chi connectivity index (χ0) is 12.9. The van der Waals surface area contributed by atoms with E-state index in [1.54, 1.807) is 4.90 Å². The Hall–Kier alpha value is -1.32. The van der Waals surface area contributed by atoms with E-state index in [2.05, 4.69) is 11.6 Å². The Bertz CT molecular complexity index is 316. The van der Waals surface area contributed by atoms with Gasteiger partial charge in [0.25, 0.3) is 0 Å². The van der Waals surface area contributed by atoms with Crippen LogP contribution in [0, 0.1) is 0 Å². The van der Waals surface area contributed by atoms with Crippen molar-refractivity contribution in [1.29, 1.82) is 0 Å². The van der Waals surface area contributed by atoms with E-state index in [0.717, 1.165) is 25.1 Å². The molecule has 17 heavy (non-hydrogen) atoms. The summed E-state index contributed by atoms with van der Waals surface area (Å²) >= 11 is 0. The van der Waals surface area contributed by atoms with Crippen LogP contribution in [0.15, 0.2) is 17.6 Å². The third-order valence-electron chi connectivity index (χ3n) is 2.35. The Morgan fingerprint density at radius 1 is 1.59 bits per heavy atom. The molecule has 0 bridgehead atoms. The fourth-order valence-corrected chi connectivity index (χ4v) is 1.63. The van der Waals surface area contributed by atoms with Crippen LogP contribution < -0.4 is 0 Å². The molecule has 0 saturated heterocycles. The molecule has 4 nitrogen and oxygen atoms in total. The van der Waals surface area contributed by atoms with E-state index in [-0.39, 0.29) is 6.09 Å². The van der Waals surface area contributed by atoms with Gasteiger partial charge in [-0.1, -0.05) is 6.08 Å². The molecule has 1 aliphatic rings. The minimum atomic E-state index is -0.452. The van der Waals surface area contributed by atoms with Crippen LogP contribution in [0.4, 0.5) is 4.79 Å². The van der Waals surface area contributed by atoms with Gasteiger partial charge in [-0.3, -0.25) is 9.89 Å². The molecule has 96 valence electrons. The predicted octanol–water partition coefficient (Wildman–Crippen LogP) is 2.99. The first kappa shape index (κ1) is 13.7. The average Bonchev–Trinajstić information content (AvgIpc) is 2.64. The normalized spacial score (nSPS) is 15.7. The Labute approximate surface area is 103 Å². The smallest absolute Gasteiger partial charge is 0.415 e. The Balaban J connectivity index is 2.50. The van der Waals surface area contributed by atoms with Crippen LogP contribution in [0.5, 0.6) is 0 Å². The molecule has 0 aromatic rings. The first-order chi connectivity index (χ1) is 7.94. The fourth-order valence-electron chi connectivity index (χ4n) is 1.63. The van der Waals surface area contributed by atoms with Crippen molar-refractivity contribution in [3.05, 3.63) is 12.7 Å². The third kappa shape index (κ3) is 4.59. The molecule has 0 aromatic carbocycles. The first-order valence-electron chi connectivity index (χ1n) is 6.09. The molecule has 1 rings (SSSR count). The SMILES string of the molecule is C=CCCCC1=NCCN1C(=O)OC(C)(C)C. The maximum atomic E-state index is 11.9. The number of unbranched alkanes of at least 4 members (excludes halogenated alkanes) is 1. The Morgan fingerprint density at radius 3 is 2.88 bits per heavy atom. The summed E-state index contributed by atoms with van der Waals surface area (Å²) in [4.78, 5) is 17.9. The molecule has 0 aliphatic carbocycles. The van der Waals surface area contributed by atoms with E-state index in [1.807, 2.05) is 26.8 Å². The molecule has 0 radical (unpaired) electrons. The number of hydrogen-bond acceptors (Lipinski definition) is 3. The predicted molar refractivity (Wildman–Crippen MR) is 69.3 cm³/mol. The average molecular weight is 238 g/mol. The van der Waals surface area contributed by atoms with E-state index in [9.17, 15) is 4.79 Å². The molecule has 0 atom stereocenters. The van der Waals surface area contributed by atoms with Gasteiger partial charge in [-0.2, -0.15) is 0 Å². The summed E-state index contributed by atoms with van der Waals surface area (Å²) in [5.74, 6) is 0.848. The quantitative estimate of drug-likeness (QED) is 0.558. The van der Waals surface area contributed by atoms with Crippen LogP contribution in [0.2, 0.25) is 0 Å². The van der Waals surface area contributed by atoms with Gasteiger partial charge in [-0.15, -0.1) is 6.58 Å². The minimum Gasteiger partial charge on any atom is -0.443 e. The highest BCUT2D eigenvalue weighted by Crippen LogP contribution is 2.15. The molecule has 1 amide bonds. The van der Waals surface area contributed by atoms with Crippen molar-refractivity contribution in [2.45, 2.75) is 45.6 Å². The van der Waals surface area contributed by atoms with Gasteiger partial charge in [0.05, 0.1) is 13.1 Å². The highest BCUT2D eigenvalue weighted by Gasteiger charge is 2.27. The minimum absolute atomic E-state index is 0.285. The highest BCUT2D eigenvalue weighted by molar-refractivity contribution is 5.96. The van der Waals surface area contributed by atoms with Crippen LogP contribution in [0.3, 0.4) is 0 Å². The summed E-state index contributed by atoms with van der Waals surface area (Å²) in [5, 5.41) is 0. The number of nitrogens with zero attached hydrogens (tertiary/aromatic N) is 2. The van der Waals surface area contributed by atoms with Gasteiger partial charge < -0.3 is 4.74 Å². The number of carbonyl (C=O) groups excluding carboxylic acids is 1. The lowest BCUT2D eigenvalue weighted by Crippen LogP contribution is -2.39. The van der Waals surface area contributed by atoms with Crippen molar-refractivity contribution in [1.82, 2.24) is 4.90 Å². The van der Waals surface area contributed by atoms with Crippen LogP contribution in [-0.4, -0.2) is 35.5 Å². The molecule has 0 spiro atoms. The number of ether oxygens (including phenoxy) is 1. The van der Waals surface area contributed by atoms with Gasteiger partial charge in [0, 0.05) is 6.42 Å². The number of carbonyl (C=O) groups is 1. The van der Waals surface area contributed by atoms with Gasteiger partial charge in [-0.25, -0.2) is 4.79 Å². The molecule has 1 heterocycles. The van der Waals surface area contributed by atoms with Crippen LogP contribution >= 0.6 is 0 Å². The van der Waals surface area contributed by atoms with Crippen molar-refractivity contribution >= 4 is 11.9 Å². The lowest BCUT2D eigenvalue weighted by atomic mass is 10.2. The lowest BCUT2D eigenvalue weighted by Gasteiger charge is -2.25. The molecule has 1 aliphatic heterocycles. The number of amidine groups is 1. The zero-order valence-electron chi connectivity index (χ0n) is 11.0. The second-order valence-corrected chi connectivity index (χ2v) is 5.11. The van der Waals surface area contributed by atoms with E-state index < -0.39 is 5.60 Å². The second-order valence-electron chi connectivity index (χ2n) is 5.11. The number of allylic oxidation sites excluding steroid dienone is 1. The highest BCUT2D eigenvalue weighted by atomic mass is 16.6. The van der Waals surface area contributed by atoms with Crippen molar-refractivity contribution in [2.75, 3.05) is 13.1 Å². The molecule has 0 fully saturated rings. The summed E-state index contributed by atoms with van der Waals surface area (Å²) in [5.41, 5.74) is -0.452. The number of rotatable bonds is 4. The molecular formula is C13H22N2O2. The molecular weight excluding hydrogens is 216 g/mol. The number of aliphatic imine (C=N–C) groups is 1. The van der Waals surface area contributed by atoms with Crippen LogP contribution in [-0.2, 0) is 4.74 Å². The van der Waals surface area contributed by atoms with E-state index >= 15 is 0 Å². The van der Waals surface area contributed by atoms with Gasteiger partial charge >= 0.3 is 6.09 Å². The molecule has 0 saturated carbocycles.